The van der Waals surface area contributed by atoms with Gasteiger partial charge in [-0.25, -0.2) is 13.4 Å². The zero-order valence-electron chi connectivity index (χ0n) is 11.0. The van der Waals surface area contributed by atoms with E-state index in [1.165, 1.54) is 4.31 Å². The van der Waals surface area contributed by atoms with Crippen molar-refractivity contribution in [3.05, 3.63) is 10.7 Å². The molecule has 0 aliphatic carbocycles. The third-order valence-corrected chi connectivity index (χ3v) is 6.82. The predicted octanol–water partition coefficient (Wildman–Crippen LogP) is 1.10. The number of rotatable bonds is 3. The molecule has 0 spiro atoms. The van der Waals surface area contributed by atoms with Gasteiger partial charge in [-0.1, -0.05) is 6.92 Å². The van der Waals surface area contributed by atoms with Gasteiger partial charge in [0.15, 0.2) is 4.21 Å². The van der Waals surface area contributed by atoms with Crippen LogP contribution in [0, 0.1) is 25.7 Å². The zero-order valence-corrected chi connectivity index (χ0v) is 12.6. The molecule has 2 rings (SSSR count). The number of carboxylic acids is 1. The second kappa shape index (κ2) is 4.84. The lowest BCUT2D eigenvalue weighted by atomic mass is 9.99. The van der Waals surface area contributed by atoms with Gasteiger partial charge in [-0.3, -0.25) is 4.79 Å². The summed E-state index contributed by atoms with van der Waals surface area (Å²) >= 11 is 1.13. The average molecular weight is 304 g/mol. The maximum Gasteiger partial charge on any atom is 0.308 e. The van der Waals surface area contributed by atoms with E-state index in [-0.39, 0.29) is 23.2 Å². The van der Waals surface area contributed by atoms with Crippen molar-refractivity contribution in [3.63, 3.8) is 0 Å². The molecule has 0 saturated carbocycles. The molecule has 0 unspecified atom stereocenters. The monoisotopic (exact) mass is 304 g/mol. The Kier molecular flexibility index (Phi) is 3.67. The number of aromatic nitrogens is 1. The zero-order chi connectivity index (χ0) is 14.4. The van der Waals surface area contributed by atoms with Crippen molar-refractivity contribution in [1.29, 1.82) is 0 Å². The fourth-order valence-electron chi connectivity index (χ4n) is 2.31. The number of hydrogen-bond acceptors (Lipinski definition) is 5. The highest BCUT2D eigenvalue weighted by Crippen LogP contribution is 2.32. The van der Waals surface area contributed by atoms with Crippen molar-refractivity contribution in [2.45, 2.75) is 25.0 Å². The van der Waals surface area contributed by atoms with Gasteiger partial charge in [0.05, 0.1) is 16.6 Å². The smallest absolute Gasteiger partial charge is 0.308 e. The number of aliphatic carboxylic acids is 1. The summed E-state index contributed by atoms with van der Waals surface area (Å²) in [5.41, 5.74) is 0.480. The molecule has 0 radical (unpaired) electrons. The Bertz CT molecular complexity index is 608. The second-order valence-electron chi connectivity index (χ2n) is 4.85. The highest BCUT2D eigenvalue weighted by atomic mass is 32.2. The lowest BCUT2D eigenvalue weighted by Gasteiger charge is -2.14. The average Bonchev–Trinajstić information content (AvgIpc) is 2.82. The van der Waals surface area contributed by atoms with E-state index < -0.39 is 21.9 Å². The molecule has 0 aromatic carbocycles. The summed E-state index contributed by atoms with van der Waals surface area (Å²) in [7, 11) is -3.62. The van der Waals surface area contributed by atoms with Crippen LogP contribution in [0.15, 0.2) is 4.21 Å². The van der Waals surface area contributed by atoms with Crippen LogP contribution in [0.2, 0.25) is 0 Å². The molecular formula is C11H16N2O4S2. The fourth-order valence-corrected chi connectivity index (χ4v) is 5.49. The molecule has 1 aromatic heterocycles. The van der Waals surface area contributed by atoms with Crippen molar-refractivity contribution in [1.82, 2.24) is 9.29 Å². The van der Waals surface area contributed by atoms with E-state index >= 15 is 0 Å². The largest absolute Gasteiger partial charge is 0.481 e. The molecule has 1 aliphatic heterocycles. The number of aryl methyl sites for hydroxylation is 2. The summed E-state index contributed by atoms with van der Waals surface area (Å²) < 4.78 is 26.5. The van der Waals surface area contributed by atoms with Gasteiger partial charge in [0.25, 0.3) is 10.0 Å². The number of carboxylic acid groups (broad SMARTS) is 1. The molecule has 6 nitrogen and oxygen atoms in total. The maximum atomic E-state index is 12.5. The number of hydrogen-bond donors (Lipinski definition) is 1. The highest BCUT2D eigenvalue weighted by Gasteiger charge is 2.41. The van der Waals surface area contributed by atoms with E-state index in [0.29, 0.717) is 10.7 Å². The molecule has 8 heteroatoms. The quantitative estimate of drug-likeness (QED) is 0.903. The predicted molar refractivity (Wildman–Crippen MR) is 70.6 cm³/mol. The Morgan fingerprint density at radius 2 is 2.05 bits per heavy atom. The Hall–Kier alpha value is -0.990. The van der Waals surface area contributed by atoms with Gasteiger partial charge in [-0.15, -0.1) is 11.3 Å². The molecule has 2 heterocycles. The van der Waals surface area contributed by atoms with Gasteiger partial charge in [0.2, 0.25) is 0 Å². The van der Waals surface area contributed by atoms with E-state index in [1.54, 1.807) is 20.8 Å². The summed E-state index contributed by atoms with van der Waals surface area (Å²) in [6.07, 6.45) is 0. The van der Waals surface area contributed by atoms with Gasteiger partial charge in [0.1, 0.15) is 0 Å². The van der Waals surface area contributed by atoms with Crippen molar-refractivity contribution < 1.29 is 18.3 Å². The SMILES string of the molecule is Cc1nc(C)c(S(=O)(=O)N2C[C@@H](C)[C@H](C(=O)O)C2)s1. The summed E-state index contributed by atoms with van der Waals surface area (Å²) in [6, 6.07) is 0. The first kappa shape index (κ1) is 14.4. The van der Waals surface area contributed by atoms with Crippen LogP contribution in [0.25, 0.3) is 0 Å². The minimum Gasteiger partial charge on any atom is -0.481 e. The van der Waals surface area contributed by atoms with Crippen molar-refractivity contribution >= 4 is 27.3 Å². The van der Waals surface area contributed by atoms with Crippen molar-refractivity contribution in [2.75, 3.05) is 13.1 Å². The number of sulfonamides is 1. The molecule has 0 amide bonds. The van der Waals surface area contributed by atoms with E-state index in [1.807, 2.05) is 0 Å². The molecule has 2 atom stereocenters. The lowest BCUT2D eigenvalue weighted by molar-refractivity contribution is -0.142. The van der Waals surface area contributed by atoms with Crippen molar-refractivity contribution in [3.8, 4) is 0 Å². The van der Waals surface area contributed by atoms with Crippen LogP contribution in [-0.2, 0) is 14.8 Å². The van der Waals surface area contributed by atoms with Gasteiger partial charge in [-0.05, 0) is 19.8 Å². The first-order valence-electron chi connectivity index (χ1n) is 5.90. The molecule has 1 aliphatic rings. The van der Waals surface area contributed by atoms with Crippen LogP contribution in [0.4, 0.5) is 0 Å². The molecule has 106 valence electrons. The van der Waals surface area contributed by atoms with E-state index in [9.17, 15) is 13.2 Å². The van der Waals surface area contributed by atoms with Crippen LogP contribution in [0.1, 0.15) is 17.6 Å². The molecule has 1 aromatic rings. The molecule has 1 N–H and O–H groups in total. The number of thiazole rings is 1. The van der Waals surface area contributed by atoms with Gasteiger partial charge < -0.3 is 5.11 Å². The van der Waals surface area contributed by atoms with Gasteiger partial charge in [0, 0.05) is 13.1 Å². The first-order chi connectivity index (χ1) is 8.73. The standard InChI is InChI=1S/C11H16N2O4S2/c1-6-4-13(5-9(6)10(14)15)19(16,17)11-7(2)12-8(3)18-11/h6,9H,4-5H2,1-3H3,(H,14,15)/t6-,9-/m1/s1. The molecule has 1 saturated heterocycles. The van der Waals surface area contributed by atoms with Crippen molar-refractivity contribution in [2.24, 2.45) is 11.8 Å². The summed E-state index contributed by atoms with van der Waals surface area (Å²) in [4.78, 5) is 15.2. The number of carbonyl (C=O) groups is 1. The van der Waals surface area contributed by atoms with Gasteiger partial charge >= 0.3 is 5.97 Å². The van der Waals surface area contributed by atoms with E-state index in [0.717, 1.165) is 11.3 Å². The highest BCUT2D eigenvalue weighted by molar-refractivity contribution is 7.91. The number of nitrogens with zero attached hydrogens (tertiary/aromatic N) is 2. The summed E-state index contributed by atoms with van der Waals surface area (Å²) in [6.45, 7) is 5.46. The minimum absolute atomic E-state index is 0.0369. The molecule has 19 heavy (non-hydrogen) atoms. The first-order valence-corrected chi connectivity index (χ1v) is 8.16. The van der Waals surface area contributed by atoms with Crippen LogP contribution in [-0.4, -0.2) is 41.9 Å². The Balaban J connectivity index is 2.32. The molecule has 0 bridgehead atoms. The van der Waals surface area contributed by atoms with Crippen LogP contribution in [0.5, 0.6) is 0 Å². The van der Waals surface area contributed by atoms with Crippen LogP contribution < -0.4 is 0 Å². The topological polar surface area (TPSA) is 87.6 Å². The molecule has 1 fully saturated rings. The minimum atomic E-state index is -3.62. The van der Waals surface area contributed by atoms with E-state index in [4.69, 9.17) is 5.11 Å². The third kappa shape index (κ3) is 2.52. The summed E-state index contributed by atoms with van der Waals surface area (Å²) in [5, 5.41) is 9.76. The Labute approximate surface area is 116 Å². The Morgan fingerprint density at radius 3 is 2.47 bits per heavy atom. The van der Waals surface area contributed by atoms with Crippen LogP contribution >= 0.6 is 11.3 Å². The lowest BCUT2D eigenvalue weighted by Crippen LogP contribution is -2.30. The third-order valence-electron chi connectivity index (χ3n) is 3.33. The maximum absolute atomic E-state index is 12.5. The second-order valence-corrected chi connectivity index (χ2v) is 8.19. The van der Waals surface area contributed by atoms with Crippen LogP contribution in [0.3, 0.4) is 0 Å². The normalized spacial score (nSPS) is 24.8. The molecular weight excluding hydrogens is 288 g/mol. The van der Waals surface area contributed by atoms with Gasteiger partial charge in [-0.2, -0.15) is 4.31 Å². The van der Waals surface area contributed by atoms with E-state index in [2.05, 4.69) is 4.98 Å². The summed E-state index contributed by atoms with van der Waals surface area (Å²) in [5.74, 6) is -1.76. The Morgan fingerprint density at radius 1 is 1.42 bits per heavy atom. The fraction of sp³-hybridized carbons (Fsp3) is 0.636.